The maximum Gasteiger partial charge on any atom is 0.240 e. The van der Waals surface area contributed by atoms with Gasteiger partial charge in [-0.05, 0) is 74.1 Å². The van der Waals surface area contributed by atoms with Crippen LogP contribution >= 0.6 is 0 Å². The van der Waals surface area contributed by atoms with E-state index in [2.05, 4.69) is 4.72 Å². The molecule has 0 unspecified atom stereocenters. The number of amides is 1. The van der Waals surface area contributed by atoms with E-state index >= 15 is 0 Å². The summed E-state index contributed by atoms with van der Waals surface area (Å²) in [4.78, 5) is 14.5. The zero-order valence-corrected chi connectivity index (χ0v) is 15.1. The van der Waals surface area contributed by atoms with Crippen LogP contribution in [0.2, 0.25) is 0 Å². The summed E-state index contributed by atoms with van der Waals surface area (Å²) < 4.78 is 28.6. The molecule has 3 aliphatic carbocycles. The van der Waals surface area contributed by atoms with E-state index in [0.29, 0.717) is 23.3 Å². The summed E-state index contributed by atoms with van der Waals surface area (Å²) in [5.74, 6) is 1.61. The van der Waals surface area contributed by atoms with Crippen LogP contribution in [0.15, 0.2) is 23.1 Å². The van der Waals surface area contributed by atoms with Crippen molar-refractivity contribution in [2.45, 2.75) is 55.9 Å². The molecule has 1 aliphatic heterocycles. The first-order valence-electron chi connectivity index (χ1n) is 9.48. The quantitative estimate of drug-likeness (QED) is 0.897. The van der Waals surface area contributed by atoms with Gasteiger partial charge < -0.3 is 4.90 Å². The van der Waals surface area contributed by atoms with E-state index in [1.807, 2.05) is 11.0 Å². The van der Waals surface area contributed by atoms with Crippen molar-refractivity contribution in [3.05, 3.63) is 23.8 Å². The zero-order chi connectivity index (χ0) is 17.2. The van der Waals surface area contributed by atoms with Crippen molar-refractivity contribution in [2.75, 3.05) is 11.4 Å². The minimum Gasteiger partial charge on any atom is -0.312 e. The van der Waals surface area contributed by atoms with E-state index in [9.17, 15) is 13.2 Å². The molecule has 0 aromatic heterocycles. The van der Waals surface area contributed by atoms with Gasteiger partial charge in [-0.1, -0.05) is 6.42 Å². The number of fused-ring (bicyclic) bond motifs is 3. The molecule has 3 fully saturated rings. The maximum atomic E-state index is 12.8. The van der Waals surface area contributed by atoms with E-state index in [1.165, 1.54) is 12.8 Å². The normalized spacial score (nSPS) is 30.7. The second-order valence-corrected chi connectivity index (χ2v) is 9.92. The lowest BCUT2D eigenvalue weighted by Gasteiger charge is -2.23. The number of nitrogens with zero attached hydrogens (tertiary/aromatic N) is 1. The van der Waals surface area contributed by atoms with Gasteiger partial charge in [0.25, 0.3) is 0 Å². The van der Waals surface area contributed by atoms with Crippen LogP contribution < -0.4 is 9.62 Å². The van der Waals surface area contributed by atoms with Crippen LogP contribution in [0.3, 0.4) is 0 Å². The highest BCUT2D eigenvalue weighted by Crippen LogP contribution is 2.45. The van der Waals surface area contributed by atoms with Crippen molar-refractivity contribution >= 4 is 21.6 Å². The zero-order valence-electron chi connectivity index (χ0n) is 14.3. The summed E-state index contributed by atoms with van der Waals surface area (Å²) >= 11 is 0. The van der Waals surface area contributed by atoms with Crippen LogP contribution in [0, 0.1) is 17.8 Å². The minimum absolute atomic E-state index is 0.102. The lowest BCUT2D eigenvalue weighted by atomic mass is 9.96. The van der Waals surface area contributed by atoms with E-state index in [1.54, 1.807) is 12.1 Å². The van der Waals surface area contributed by atoms with Gasteiger partial charge in [0, 0.05) is 24.2 Å². The van der Waals surface area contributed by atoms with E-state index in [-0.39, 0.29) is 17.9 Å². The largest absolute Gasteiger partial charge is 0.312 e. The highest BCUT2D eigenvalue weighted by molar-refractivity contribution is 7.89. The molecule has 1 heterocycles. The monoisotopic (exact) mass is 360 g/mol. The molecule has 3 saturated carbocycles. The first kappa shape index (κ1) is 15.8. The smallest absolute Gasteiger partial charge is 0.240 e. The predicted molar refractivity (Wildman–Crippen MR) is 94.8 cm³/mol. The van der Waals surface area contributed by atoms with Crippen LogP contribution in [-0.4, -0.2) is 26.9 Å². The fourth-order valence-corrected chi connectivity index (χ4v) is 6.35. The van der Waals surface area contributed by atoms with E-state index < -0.39 is 10.0 Å². The molecule has 1 amide bonds. The first-order chi connectivity index (χ1) is 12.0. The summed E-state index contributed by atoms with van der Waals surface area (Å²) in [6, 6.07) is 5.35. The molecule has 4 aliphatic rings. The molecule has 1 aromatic rings. The van der Waals surface area contributed by atoms with Gasteiger partial charge in [0.1, 0.15) is 0 Å². The van der Waals surface area contributed by atoms with Gasteiger partial charge in [-0.3, -0.25) is 4.79 Å². The lowest BCUT2D eigenvalue weighted by Crippen LogP contribution is -2.38. The Morgan fingerprint density at radius 3 is 2.64 bits per heavy atom. The van der Waals surface area contributed by atoms with Crippen molar-refractivity contribution in [1.82, 2.24) is 4.72 Å². The van der Waals surface area contributed by atoms with Gasteiger partial charge in [0.05, 0.1) is 4.90 Å². The molecule has 25 heavy (non-hydrogen) atoms. The summed E-state index contributed by atoms with van der Waals surface area (Å²) in [5.41, 5.74) is 1.88. The van der Waals surface area contributed by atoms with Crippen molar-refractivity contribution in [3.63, 3.8) is 0 Å². The molecule has 5 nitrogen and oxygen atoms in total. The highest BCUT2D eigenvalue weighted by atomic mass is 32.2. The Hall–Kier alpha value is -1.40. The molecule has 0 spiro atoms. The number of carbonyl (C=O) groups excluding carboxylic acids is 1. The minimum atomic E-state index is -3.48. The number of rotatable bonds is 4. The summed E-state index contributed by atoms with van der Waals surface area (Å²) in [5, 5.41) is 0. The molecular formula is C19H24N2O3S. The van der Waals surface area contributed by atoms with Crippen LogP contribution in [0.4, 0.5) is 5.69 Å². The second kappa shape index (κ2) is 5.55. The van der Waals surface area contributed by atoms with Gasteiger partial charge >= 0.3 is 0 Å². The molecule has 6 heteroatoms. The fraction of sp³-hybridized carbons (Fsp3) is 0.632. The van der Waals surface area contributed by atoms with Gasteiger partial charge in [-0.15, -0.1) is 0 Å². The fourth-order valence-electron chi connectivity index (χ4n) is 4.98. The molecule has 3 atom stereocenters. The summed E-state index contributed by atoms with van der Waals surface area (Å²) in [6.07, 6.45) is 7.29. The number of nitrogens with one attached hydrogen (secondary N) is 1. The van der Waals surface area contributed by atoms with Crippen LogP contribution in [0.25, 0.3) is 0 Å². The van der Waals surface area contributed by atoms with Crippen molar-refractivity contribution < 1.29 is 13.2 Å². The molecule has 5 rings (SSSR count). The Morgan fingerprint density at radius 2 is 1.96 bits per heavy atom. The lowest BCUT2D eigenvalue weighted by molar-refractivity contribution is -0.119. The molecule has 1 N–H and O–H groups in total. The van der Waals surface area contributed by atoms with Gasteiger partial charge in [-0.25, -0.2) is 13.1 Å². The number of benzene rings is 1. The van der Waals surface area contributed by atoms with E-state index in [0.717, 1.165) is 43.4 Å². The Labute approximate surface area is 148 Å². The third-order valence-corrected chi connectivity index (χ3v) is 7.98. The number of hydrogen-bond acceptors (Lipinski definition) is 3. The van der Waals surface area contributed by atoms with Crippen LogP contribution in [0.5, 0.6) is 0 Å². The third kappa shape index (κ3) is 2.70. The summed E-state index contributed by atoms with van der Waals surface area (Å²) in [6.45, 7) is 0.675. The number of anilines is 1. The maximum absolute atomic E-state index is 12.8. The van der Waals surface area contributed by atoms with Crippen molar-refractivity contribution in [3.8, 4) is 0 Å². The average molecular weight is 360 g/mol. The second-order valence-electron chi connectivity index (χ2n) is 8.21. The topological polar surface area (TPSA) is 66.5 Å². The van der Waals surface area contributed by atoms with Crippen molar-refractivity contribution in [1.29, 1.82) is 0 Å². The Kier molecular flexibility index (Phi) is 3.51. The van der Waals surface area contributed by atoms with Gasteiger partial charge in [0.15, 0.2) is 0 Å². The van der Waals surface area contributed by atoms with Crippen molar-refractivity contribution in [2.24, 2.45) is 17.8 Å². The standard InChI is InChI=1S/C19H24N2O3S/c22-19(13-3-4-13)21-8-7-15-11-16(5-6-18(15)21)25(23,24)20-17-10-12-1-2-14(17)9-12/h5-6,11-14,17,20H,1-4,7-10H2/t12-,14+,17-/m0/s1. The highest BCUT2D eigenvalue weighted by Gasteiger charge is 2.41. The molecule has 0 radical (unpaired) electrons. The van der Waals surface area contributed by atoms with E-state index in [4.69, 9.17) is 0 Å². The number of hydrogen-bond donors (Lipinski definition) is 1. The molecule has 0 saturated heterocycles. The number of sulfonamides is 1. The Bertz CT molecular complexity index is 831. The molecular weight excluding hydrogens is 336 g/mol. The molecule has 1 aromatic carbocycles. The number of carbonyl (C=O) groups is 1. The Balaban J connectivity index is 1.37. The molecule has 2 bridgehead atoms. The Morgan fingerprint density at radius 1 is 1.12 bits per heavy atom. The first-order valence-corrected chi connectivity index (χ1v) is 11.0. The molecule has 134 valence electrons. The summed E-state index contributed by atoms with van der Waals surface area (Å²) in [7, 11) is -3.48. The average Bonchev–Trinajstić information content (AvgIpc) is 3.03. The van der Waals surface area contributed by atoms with Crippen LogP contribution in [-0.2, 0) is 21.2 Å². The SMILES string of the molecule is O=C(C1CC1)N1CCc2cc(S(=O)(=O)N[C@H]3C[C@H]4CC[C@@H]3C4)ccc21. The van der Waals surface area contributed by atoms with Gasteiger partial charge in [-0.2, -0.15) is 0 Å². The van der Waals surface area contributed by atoms with Gasteiger partial charge in [0.2, 0.25) is 15.9 Å². The predicted octanol–water partition coefficient (Wildman–Crippen LogP) is 2.45. The third-order valence-electron chi connectivity index (χ3n) is 6.49. The van der Waals surface area contributed by atoms with Crippen LogP contribution in [0.1, 0.15) is 44.1 Å².